The average Bonchev–Trinajstić information content (AvgIpc) is 2.51. The molecule has 2 heterocycles. The topological polar surface area (TPSA) is 60.9 Å². The Bertz CT molecular complexity index is 976. The lowest BCUT2D eigenvalue weighted by Crippen LogP contribution is -2.22. The van der Waals surface area contributed by atoms with Crippen LogP contribution in [-0.2, 0) is 6.54 Å². The van der Waals surface area contributed by atoms with Crippen LogP contribution in [0.3, 0.4) is 0 Å². The van der Waals surface area contributed by atoms with Gasteiger partial charge < -0.3 is 10.3 Å². The zero-order chi connectivity index (χ0) is 16.7. The number of anilines is 1. The van der Waals surface area contributed by atoms with E-state index in [9.17, 15) is 9.18 Å². The molecule has 3 rings (SSSR count). The van der Waals surface area contributed by atoms with Crippen molar-refractivity contribution in [1.82, 2.24) is 9.55 Å². The van der Waals surface area contributed by atoms with E-state index >= 15 is 0 Å². The number of rotatable bonds is 2. The zero-order valence-electron chi connectivity index (χ0n) is 13.4. The molecule has 23 heavy (non-hydrogen) atoms. The first kappa shape index (κ1) is 15.2. The smallest absolute Gasteiger partial charge is 0.258 e. The van der Waals surface area contributed by atoms with Crippen molar-refractivity contribution in [2.75, 3.05) is 5.73 Å². The summed E-state index contributed by atoms with van der Waals surface area (Å²) in [5, 5.41) is 0.870. The third-order valence-corrected chi connectivity index (χ3v) is 4.06. The van der Waals surface area contributed by atoms with Crippen LogP contribution in [0.15, 0.2) is 35.3 Å². The number of nitrogens with two attached hydrogens (primary N) is 1. The van der Waals surface area contributed by atoms with Gasteiger partial charge in [0.1, 0.15) is 5.82 Å². The van der Waals surface area contributed by atoms with E-state index in [4.69, 9.17) is 5.73 Å². The van der Waals surface area contributed by atoms with Crippen LogP contribution < -0.4 is 11.3 Å². The van der Waals surface area contributed by atoms with Gasteiger partial charge in [-0.3, -0.25) is 9.78 Å². The maximum atomic E-state index is 13.6. The Labute approximate surface area is 133 Å². The van der Waals surface area contributed by atoms with Crippen LogP contribution in [-0.4, -0.2) is 9.55 Å². The van der Waals surface area contributed by atoms with Gasteiger partial charge in [-0.2, -0.15) is 0 Å². The molecule has 2 aromatic heterocycles. The van der Waals surface area contributed by atoms with Crippen LogP contribution in [0.25, 0.3) is 22.0 Å². The van der Waals surface area contributed by atoms with Crippen LogP contribution >= 0.6 is 0 Å². The van der Waals surface area contributed by atoms with Gasteiger partial charge in [0.2, 0.25) is 0 Å². The SMILES string of the molecule is CCn1c(=O)c(-c2cc(N)c(F)cc2C)cc2cnc(C)cc21. The molecule has 4 nitrogen and oxygen atoms in total. The summed E-state index contributed by atoms with van der Waals surface area (Å²) in [6.45, 7) is 6.13. The van der Waals surface area contributed by atoms with Gasteiger partial charge in [-0.1, -0.05) is 0 Å². The first-order valence-corrected chi connectivity index (χ1v) is 7.48. The van der Waals surface area contributed by atoms with E-state index < -0.39 is 5.82 Å². The second-order valence-electron chi connectivity index (χ2n) is 5.68. The molecule has 0 bridgehead atoms. The minimum Gasteiger partial charge on any atom is -0.396 e. The lowest BCUT2D eigenvalue weighted by atomic mass is 9.99. The second-order valence-corrected chi connectivity index (χ2v) is 5.68. The van der Waals surface area contributed by atoms with Crippen molar-refractivity contribution in [3.05, 3.63) is 57.9 Å². The average molecular weight is 311 g/mol. The predicted molar refractivity (Wildman–Crippen MR) is 91.0 cm³/mol. The Hall–Kier alpha value is -2.69. The molecule has 118 valence electrons. The van der Waals surface area contributed by atoms with E-state index in [1.165, 1.54) is 12.1 Å². The van der Waals surface area contributed by atoms with Crippen LogP contribution in [0.4, 0.5) is 10.1 Å². The van der Waals surface area contributed by atoms with Gasteiger partial charge in [0.05, 0.1) is 11.2 Å². The molecule has 0 amide bonds. The molecule has 0 fully saturated rings. The molecule has 0 aliphatic heterocycles. The van der Waals surface area contributed by atoms with E-state index in [0.717, 1.165) is 16.6 Å². The van der Waals surface area contributed by atoms with Gasteiger partial charge in [0.15, 0.2) is 0 Å². The Kier molecular flexibility index (Phi) is 3.64. The number of hydrogen-bond donors (Lipinski definition) is 1. The fourth-order valence-electron chi connectivity index (χ4n) is 2.86. The summed E-state index contributed by atoms with van der Waals surface area (Å²) in [5.74, 6) is -0.472. The van der Waals surface area contributed by atoms with E-state index in [1.807, 2.05) is 19.9 Å². The van der Waals surface area contributed by atoms with Gasteiger partial charge in [0.25, 0.3) is 5.56 Å². The Morgan fingerprint density at radius 2 is 1.91 bits per heavy atom. The number of nitrogen functional groups attached to an aromatic ring is 1. The minimum atomic E-state index is -0.472. The summed E-state index contributed by atoms with van der Waals surface area (Å²) in [6.07, 6.45) is 1.75. The van der Waals surface area contributed by atoms with E-state index in [0.29, 0.717) is 23.2 Å². The molecule has 0 aliphatic rings. The van der Waals surface area contributed by atoms with Gasteiger partial charge in [0, 0.05) is 29.4 Å². The highest BCUT2D eigenvalue weighted by molar-refractivity contribution is 5.85. The third kappa shape index (κ3) is 2.48. The zero-order valence-corrected chi connectivity index (χ0v) is 13.4. The molecule has 0 saturated heterocycles. The number of aryl methyl sites for hydroxylation is 3. The lowest BCUT2D eigenvalue weighted by Gasteiger charge is -2.13. The summed E-state index contributed by atoms with van der Waals surface area (Å²) in [6, 6.07) is 6.58. The molecule has 0 spiro atoms. The molecule has 0 atom stereocenters. The molecule has 3 aromatic rings. The predicted octanol–water partition coefficient (Wildman–Crippen LogP) is 3.42. The summed E-state index contributed by atoms with van der Waals surface area (Å²) in [7, 11) is 0. The molecule has 5 heteroatoms. The standard InChI is InChI=1S/C18H18FN3O/c1-4-22-17-6-11(3)21-9-12(17)7-14(18(22)23)13-8-16(20)15(19)5-10(13)2/h5-9H,4,20H2,1-3H3. The first-order valence-electron chi connectivity index (χ1n) is 7.48. The van der Waals surface area contributed by atoms with E-state index in [2.05, 4.69) is 4.98 Å². The maximum Gasteiger partial charge on any atom is 0.258 e. The summed E-state index contributed by atoms with van der Waals surface area (Å²) in [5.41, 5.74) is 9.15. The number of nitrogens with zero attached hydrogens (tertiary/aromatic N) is 2. The maximum absolute atomic E-state index is 13.6. The highest BCUT2D eigenvalue weighted by atomic mass is 19.1. The molecule has 0 radical (unpaired) electrons. The number of fused-ring (bicyclic) bond motifs is 1. The normalized spacial score (nSPS) is 11.1. The Morgan fingerprint density at radius 3 is 2.61 bits per heavy atom. The highest BCUT2D eigenvalue weighted by Crippen LogP contribution is 2.27. The van der Waals surface area contributed by atoms with Crippen LogP contribution in [0.2, 0.25) is 0 Å². The number of halogens is 1. The van der Waals surface area contributed by atoms with Crippen molar-refractivity contribution in [3.8, 4) is 11.1 Å². The monoisotopic (exact) mass is 311 g/mol. The largest absolute Gasteiger partial charge is 0.396 e. The summed E-state index contributed by atoms with van der Waals surface area (Å²) < 4.78 is 15.3. The van der Waals surface area contributed by atoms with Crippen molar-refractivity contribution in [1.29, 1.82) is 0 Å². The minimum absolute atomic E-state index is 0.0372. The fraction of sp³-hybridized carbons (Fsp3) is 0.222. The molecule has 1 aromatic carbocycles. The van der Waals surface area contributed by atoms with E-state index in [-0.39, 0.29) is 11.2 Å². The molecular formula is C18H18FN3O. The number of hydrogen-bond acceptors (Lipinski definition) is 3. The van der Waals surface area contributed by atoms with Gasteiger partial charge in [-0.15, -0.1) is 0 Å². The number of pyridine rings is 2. The molecular weight excluding hydrogens is 293 g/mol. The molecule has 2 N–H and O–H groups in total. The van der Waals surface area contributed by atoms with Gasteiger partial charge >= 0.3 is 0 Å². The highest BCUT2D eigenvalue weighted by Gasteiger charge is 2.14. The van der Waals surface area contributed by atoms with Gasteiger partial charge in [-0.25, -0.2) is 4.39 Å². The number of benzene rings is 1. The van der Waals surface area contributed by atoms with Crippen molar-refractivity contribution in [2.24, 2.45) is 0 Å². The van der Waals surface area contributed by atoms with Crippen molar-refractivity contribution >= 4 is 16.6 Å². The third-order valence-electron chi connectivity index (χ3n) is 4.06. The van der Waals surface area contributed by atoms with Gasteiger partial charge in [-0.05, 0) is 56.2 Å². The molecule has 0 saturated carbocycles. The second kappa shape index (κ2) is 5.50. The summed E-state index contributed by atoms with van der Waals surface area (Å²) >= 11 is 0. The van der Waals surface area contributed by atoms with Crippen molar-refractivity contribution in [2.45, 2.75) is 27.3 Å². The molecule has 0 aliphatic carbocycles. The lowest BCUT2D eigenvalue weighted by molar-refractivity contribution is 0.631. The van der Waals surface area contributed by atoms with Crippen LogP contribution in [0.1, 0.15) is 18.2 Å². The van der Waals surface area contributed by atoms with Crippen LogP contribution in [0.5, 0.6) is 0 Å². The van der Waals surface area contributed by atoms with Crippen LogP contribution in [0, 0.1) is 19.7 Å². The Balaban J connectivity index is 2.39. The summed E-state index contributed by atoms with van der Waals surface area (Å²) in [4.78, 5) is 17.2. The van der Waals surface area contributed by atoms with E-state index in [1.54, 1.807) is 23.8 Å². The number of aromatic nitrogens is 2. The van der Waals surface area contributed by atoms with Crippen molar-refractivity contribution < 1.29 is 4.39 Å². The Morgan fingerprint density at radius 1 is 1.17 bits per heavy atom. The molecule has 0 unspecified atom stereocenters. The fourth-order valence-corrected chi connectivity index (χ4v) is 2.86. The van der Waals surface area contributed by atoms with Crippen molar-refractivity contribution in [3.63, 3.8) is 0 Å². The quantitative estimate of drug-likeness (QED) is 0.738. The first-order chi connectivity index (χ1) is 10.9.